The largest absolute Gasteiger partial charge is 0.368 e. The minimum atomic E-state index is -0.603. The first-order valence-corrected chi connectivity index (χ1v) is 8.30. The van der Waals surface area contributed by atoms with E-state index in [-0.39, 0.29) is 18.2 Å². The summed E-state index contributed by atoms with van der Waals surface area (Å²) >= 11 is 6.01. The fourth-order valence-corrected chi connectivity index (χ4v) is 3.16. The third-order valence-corrected chi connectivity index (χ3v) is 4.55. The molecule has 2 aliphatic rings. The van der Waals surface area contributed by atoms with Crippen LogP contribution in [0.2, 0.25) is 5.02 Å². The highest BCUT2D eigenvalue weighted by molar-refractivity contribution is 6.30. The molecule has 2 fully saturated rings. The summed E-state index contributed by atoms with van der Waals surface area (Å²) in [6.07, 6.45) is 0.570. The van der Waals surface area contributed by atoms with E-state index in [0.29, 0.717) is 24.5 Å². The van der Waals surface area contributed by atoms with Crippen molar-refractivity contribution in [3.8, 4) is 0 Å². The molecule has 8 heteroatoms. The summed E-state index contributed by atoms with van der Waals surface area (Å²) in [5, 5.41) is 5.37. The van der Waals surface area contributed by atoms with Crippen LogP contribution in [0.1, 0.15) is 12.8 Å². The van der Waals surface area contributed by atoms with Gasteiger partial charge in [-0.2, -0.15) is 0 Å². The smallest absolute Gasteiger partial charge is 0.322 e. The molecule has 1 aromatic carbocycles. The number of halogens is 1. The van der Waals surface area contributed by atoms with Crippen molar-refractivity contribution in [2.24, 2.45) is 0 Å². The van der Waals surface area contributed by atoms with E-state index in [1.165, 1.54) is 0 Å². The number of imide groups is 1. The number of rotatable bonds is 4. The van der Waals surface area contributed by atoms with Crippen LogP contribution in [0.25, 0.3) is 0 Å². The van der Waals surface area contributed by atoms with E-state index in [1.54, 1.807) is 4.90 Å². The summed E-state index contributed by atoms with van der Waals surface area (Å²) in [7, 11) is 0. The second kappa shape index (κ2) is 7.09. The zero-order valence-corrected chi connectivity index (χ0v) is 13.9. The molecule has 2 heterocycles. The maximum absolute atomic E-state index is 12.3. The molecule has 0 radical (unpaired) electrons. The van der Waals surface area contributed by atoms with Gasteiger partial charge in [0, 0.05) is 43.3 Å². The Labute approximate surface area is 144 Å². The van der Waals surface area contributed by atoms with Gasteiger partial charge in [0.2, 0.25) is 5.91 Å². The third kappa shape index (κ3) is 3.79. The molecule has 4 amide bonds. The monoisotopic (exact) mass is 350 g/mol. The third-order valence-electron chi connectivity index (χ3n) is 4.31. The van der Waals surface area contributed by atoms with Crippen LogP contribution < -0.4 is 15.5 Å². The van der Waals surface area contributed by atoms with Crippen LogP contribution in [0.15, 0.2) is 24.3 Å². The Bertz CT molecular complexity index is 658. The first kappa shape index (κ1) is 16.6. The second-order valence-electron chi connectivity index (χ2n) is 5.90. The molecule has 24 heavy (non-hydrogen) atoms. The molecule has 2 aliphatic heterocycles. The van der Waals surface area contributed by atoms with Crippen molar-refractivity contribution in [1.29, 1.82) is 0 Å². The molecule has 0 spiro atoms. The van der Waals surface area contributed by atoms with Gasteiger partial charge < -0.3 is 15.1 Å². The Morgan fingerprint density at radius 3 is 2.58 bits per heavy atom. The van der Waals surface area contributed by atoms with Gasteiger partial charge in [0.05, 0.1) is 0 Å². The minimum absolute atomic E-state index is 0.00898. The minimum Gasteiger partial charge on any atom is -0.368 e. The summed E-state index contributed by atoms with van der Waals surface area (Å²) in [6, 6.07) is 6.58. The molecular formula is C16H19ClN4O3. The SMILES string of the molecule is O=C1NC(=O)C(CCC(=O)N2CCN(c3cccc(Cl)c3)CC2)N1. The molecule has 0 saturated carbocycles. The van der Waals surface area contributed by atoms with Crippen molar-refractivity contribution < 1.29 is 14.4 Å². The lowest BCUT2D eigenvalue weighted by Gasteiger charge is -2.36. The van der Waals surface area contributed by atoms with Crippen molar-refractivity contribution in [1.82, 2.24) is 15.5 Å². The van der Waals surface area contributed by atoms with E-state index >= 15 is 0 Å². The van der Waals surface area contributed by atoms with E-state index in [9.17, 15) is 14.4 Å². The molecule has 3 rings (SSSR count). The Kier molecular flexibility index (Phi) is 4.89. The summed E-state index contributed by atoms with van der Waals surface area (Å²) in [6.45, 7) is 2.75. The van der Waals surface area contributed by atoms with Gasteiger partial charge in [0.15, 0.2) is 0 Å². The molecule has 1 unspecified atom stereocenters. The average molecular weight is 351 g/mol. The number of piperazine rings is 1. The number of hydrogen-bond donors (Lipinski definition) is 2. The van der Waals surface area contributed by atoms with Crippen LogP contribution >= 0.6 is 11.6 Å². The number of urea groups is 1. The number of carbonyl (C=O) groups excluding carboxylic acids is 3. The van der Waals surface area contributed by atoms with Crippen LogP contribution in [0.5, 0.6) is 0 Å². The van der Waals surface area contributed by atoms with Crippen molar-refractivity contribution in [3.63, 3.8) is 0 Å². The number of amides is 4. The maximum Gasteiger partial charge on any atom is 0.322 e. The van der Waals surface area contributed by atoms with E-state index in [2.05, 4.69) is 15.5 Å². The number of anilines is 1. The Morgan fingerprint density at radius 1 is 1.21 bits per heavy atom. The summed E-state index contributed by atoms with van der Waals surface area (Å²) in [4.78, 5) is 38.8. The molecule has 128 valence electrons. The van der Waals surface area contributed by atoms with Crippen molar-refractivity contribution in [2.45, 2.75) is 18.9 Å². The van der Waals surface area contributed by atoms with Crippen molar-refractivity contribution in [3.05, 3.63) is 29.3 Å². The first-order chi connectivity index (χ1) is 11.5. The van der Waals surface area contributed by atoms with E-state index in [0.717, 1.165) is 18.8 Å². The summed E-state index contributed by atoms with van der Waals surface area (Å²) in [5.74, 6) is -0.353. The Hall–Kier alpha value is -2.28. The number of nitrogens with one attached hydrogen (secondary N) is 2. The molecular weight excluding hydrogens is 332 g/mol. The van der Waals surface area contributed by atoms with Gasteiger partial charge in [0.1, 0.15) is 6.04 Å². The zero-order chi connectivity index (χ0) is 17.1. The van der Waals surface area contributed by atoms with E-state index < -0.39 is 12.1 Å². The first-order valence-electron chi connectivity index (χ1n) is 7.92. The molecule has 1 aromatic rings. The van der Waals surface area contributed by atoms with Crippen LogP contribution in [-0.4, -0.2) is 55.0 Å². The summed E-state index contributed by atoms with van der Waals surface area (Å²) in [5.41, 5.74) is 1.06. The molecule has 7 nitrogen and oxygen atoms in total. The number of carbonyl (C=O) groups is 3. The highest BCUT2D eigenvalue weighted by Gasteiger charge is 2.30. The standard InChI is InChI=1S/C16H19ClN4O3/c17-11-2-1-3-12(10-11)20-6-8-21(9-7-20)14(22)5-4-13-15(23)19-16(24)18-13/h1-3,10,13H,4-9H2,(H2,18,19,23,24). The van der Waals surface area contributed by atoms with Crippen molar-refractivity contribution >= 4 is 35.1 Å². The molecule has 0 bridgehead atoms. The van der Waals surface area contributed by atoms with Crippen LogP contribution in [-0.2, 0) is 9.59 Å². The number of nitrogens with zero attached hydrogens (tertiary/aromatic N) is 2. The van der Waals surface area contributed by atoms with Gasteiger partial charge in [-0.1, -0.05) is 17.7 Å². The Morgan fingerprint density at radius 2 is 1.96 bits per heavy atom. The summed E-state index contributed by atoms with van der Waals surface area (Å²) < 4.78 is 0. The maximum atomic E-state index is 12.3. The fraction of sp³-hybridized carbons (Fsp3) is 0.438. The highest BCUT2D eigenvalue weighted by Crippen LogP contribution is 2.21. The van der Waals surface area contributed by atoms with Crippen LogP contribution in [0.4, 0.5) is 10.5 Å². The number of hydrogen-bond acceptors (Lipinski definition) is 4. The topological polar surface area (TPSA) is 81.8 Å². The Balaban J connectivity index is 1.47. The normalized spacial score (nSPS) is 20.8. The zero-order valence-electron chi connectivity index (χ0n) is 13.1. The molecule has 0 aliphatic carbocycles. The van der Waals surface area contributed by atoms with Gasteiger partial charge in [-0.3, -0.25) is 14.9 Å². The fourth-order valence-electron chi connectivity index (χ4n) is 2.97. The quantitative estimate of drug-likeness (QED) is 0.793. The van der Waals surface area contributed by atoms with Crippen molar-refractivity contribution in [2.75, 3.05) is 31.1 Å². The van der Waals surface area contributed by atoms with Gasteiger partial charge in [0.25, 0.3) is 5.91 Å². The molecule has 2 N–H and O–H groups in total. The lowest BCUT2D eigenvalue weighted by atomic mass is 10.1. The van der Waals surface area contributed by atoms with Gasteiger partial charge in [-0.05, 0) is 24.6 Å². The van der Waals surface area contributed by atoms with Gasteiger partial charge in [-0.15, -0.1) is 0 Å². The van der Waals surface area contributed by atoms with Gasteiger partial charge in [-0.25, -0.2) is 4.79 Å². The predicted octanol–water partition coefficient (Wildman–Crippen LogP) is 0.977. The van der Waals surface area contributed by atoms with Crippen LogP contribution in [0, 0.1) is 0 Å². The number of benzene rings is 1. The molecule has 2 saturated heterocycles. The van der Waals surface area contributed by atoms with E-state index in [4.69, 9.17) is 11.6 Å². The average Bonchev–Trinajstić information content (AvgIpc) is 2.90. The molecule has 0 aromatic heterocycles. The van der Waals surface area contributed by atoms with Crippen LogP contribution in [0.3, 0.4) is 0 Å². The highest BCUT2D eigenvalue weighted by atomic mass is 35.5. The van der Waals surface area contributed by atoms with Gasteiger partial charge >= 0.3 is 6.03 Å². The lowest BCUT2D eigenvalue weighted by molar-refractivity contribution is -0.131. The predicted molar refractivity (Wildman–Crippen MR) is 89.9 cm³/mol. The van der Waals surface area contributed by atoms with E-state index in [1.807, 2.05) is 24.3 Å². The second-order valence-corrected chi connectivity index (χ2v) is 6.34. The lowest BCUT2D eigenvalue weighted by Crippen LogP contribution is -2.49. The molecule has 1 atom stereocenters.